The molecule has 0 amide bonds. The van der Waals surface area contributed by atoms with Gasteiger partial charge in [0.1, 0.15) is 5.75 Å². The van der Waals surface area contributed by atoms with E-state index in [1.54, 1.807) is 30.5 Å². The molecule has 0 aliphatic rings. The second-order valence-corrected chi connectivity index (χ2v) is 5.13. The smallest absolute Gasteiger partial charge is 0.367 e. The van der Waals surface area contributed by atoms with Crippen molar-refractivity contribution < 1.29 is 14.6 Å². The highest BCUT2D eigenvalue weighted by molar-refractivity contribution is 7.14. The molecule has 2 aromatic heterocycles. The lowest BCUT2D eigenvalue weighted by atomic mass is 10.2. The van der Waals surface area contributed by atoms with Crippen LogP contribution in [-0.4, -0.2) is 26.3 Å². The summed E-state index contributed by atoms with van der Waals surface area (Å²) in [5, 5.41) is 17.3. The van der Waals surface area contributed by atoms with Gasteiger partial charge in [0.15, 0.2) is 0 Å². The molecule has 0 aliphatic heterocycles. The van der Waals surface area contributed by atoms with Crippen LogP contribution in [0.2, 0.25) is 5.02 Å². The summed E-state index contributed by atoms with van der Waals surface area (Å²) in [5.41, 5.74) is 0.679. The summed E-state index contributed by atoms with van der Waals surface area (Å²) in [5.74, 6) is -0.622. The molecule has 0 saturated carbocycles. The number of benzene rings is 1. The van der Waals surface area contributed by atoms with Gasteiger partial charge in [-0.05, 0) is 35.6 Å². The van der Waals surface area contributed by atoms with Crippen LogP contribution in [-0.2, 0) is 0 Å². The number of hydrogen-bond donors (Lipinski definition) is 1. The van der Waals surface area contributed by atoms with E-state index in [1.807, 2.05) is 0 Å². The molecular formula is C12H6ClN3O3S. The van der Waals surface area contributed by atoms with Gasteiger partial charge in [-0.3, -0.25) is 4.98 Å². The molecule has 3 rings (SSSR count). The monoisotopic (exact) mass is 307 g/mol. The summed E-state index contributed by atoms with van der Waals surface area (Å²) in [6.45, 7) is 0. The molecule has 2 heterocycles. The molecule has 0 radical (unpaired) electrons. The maximum absolute atomic E-state index is 10.7. The standard InChI is InChI=1S/C12H6ClN3O3S/c13-6-1-2-7-8(5-6)14-4-3-9(7)19-12-16-15-10(20-12)11(17)18/h1-5H,(H,17,18). The third-order valence-corrected chi connectivity index (χ3v) is 3.48. The Hall–Kier alpha value is -2.25. The van der Waals surface area contributed by atoms with Crippen LogP contribution in [0, 0.1) is 0 Å². The van der Waals surface area contributed by atoms with Crippen molar-refractivity contribution in [3.05, 3.63) is 40.5 Å². The van der Waals surface area contributed by atoms with Crippen molar-refractivity contribution in [3.63, 3.8) is 0 Å². The lowest BCUT2D eigenvalue weighted by molar-refractivity contribution is 0.0695. The number of rotatable bonds is 3. The third kappa shape index (κ3) is 2.40. The van der Waals surface area contributed by atoms with E-state index >= 15 is 0 Å². The molecule has 0 aliphatic carbocycles. The van der Waals surface area contributed by atoms with Crippen molar-refractivity contribution in [1.29, 1.82) is 0 Å². The summed E-state index contributed by atoms with van der Waals surface area (Å²) in [6, 6.07) is 6.88. The van der Waals surface area contributed by atoms with Crippen LogP contribution in [0.4, 0.5) is 0 Å². The minimum Gasteiger partial charge on any atom is -0.476 e. The van der Waals surface area contributed by atoms with Crippen LogP contribution in [0.25, 0.3) is 10.9 Å². The summed E-state index contributed by atoms with van der Waals surface area (Å²) < 4.78 is 5.56. The number of fused-ring (bicyclic) bond motifs is 1. The minimum absolute atomic E-state index is 0.124. The number of aromatic carboxylic acids is 1. The highest BCUT2D eigenvalue weighted by Gasteiger charge is 2.13. The highest BCUT2D eigenvalue weighted by Crippen LogP contribution is 2.31. The van der Waals surface area contributed by atoms with Gasteiger partial charge >= 0.3 is 5.97 Å². The van der Waals surface area contributed by atoms with Crippen molar-refractivity contribution >= 4 is 39.8 Å². The molecule has 0 bridgehead atoms. The van der Waals surface area contributed by atoms with Crippen molar-refractivity contribution in [3.8, 4) is 10.9 Å². The first kappa shape index (κ1) is 12.8. The Bertz CT molecular complexity index is 805. The first-order chi connectivity index (χ1) is 9.63. The average Bonchev–Trinajstić information content (AvgIpc) is 2.87. The van der Waals surface area contributed by atoms with Crippen LogP contribution in [0.1, 0.15) is 9.80 Å². The van der Waals surface area contributed by atoms with E-state index < -0.39 is 5.97 Å². The zero-order valence-corrected chi connectivity index (χ0v) is 11.4. The average molecular weight is 308 g/mol. The Morgan fingerprint density at radius 3 is 2.90 bits per heavy atom. The number of ether oxygens (including phenoxy) is 1. The predicted octanol–water partition coefficient (Wildman–Crippen LogP) is 3.23. The second kappa shape index (κ2) is 5.03. The third-order valence-electron chi connectivity index (χ3n) is 2.45. The number of carboxylic acid groups (broad SMARTS) is 1. The van der Waals surface area contributed by atoms with Crippen LogP contribution in [0.5, 0.6) is 10.9 Å². The molecule has 0 atom stereocenters. The SMILES string of the molecule is O=C(O)c1nnc(Oc2ccnc3cc(Cl)ccc23)s1. The van der Waals surface area contributed by atoms with E-state index in [2.05, 4.69) is 15.2 Å². The van der Waals surface area contributed by atoms with Crippen molar-refractivity contribution in [2.45, 2.75) is 0 Å². The van der Waals surface area contributed by atoms with Crippen molar-refractivity contribution in [1.82, 2.24) is 15.2 Å². The Labute approximate surface area is 121 Å². The number of pyridine rings is 1. The Kier molecular flexibility index (Phi) is 3.21. The molecule has 1 aromatic carbocycles. The molecule has 20 heavy (non-hydrogen) atoms. The van der Waals surface area contributed by atoms with Crippen LogP contribution in [0.3, 0.4) is 0 Å². The van der Waals surface area contributed by atoms with Crippen LogP contribution < -0.4 is 4.74 Å². The zero-order valence-electron chi connectivity index (χ0n) is 9.78. The second-order valence-electron chi connectivity index (χ2n) is 3.75. The van der Waals surface area contributed by atoms with Crippen molar-refractivity contribution in [2.24, 2.45) is 0 Å². The molecule has 6 nitrogen and oxygen atoms in total. The summed E-state index contributed by atoms with van der Waals surface area (Å²) in [7, 11) is 0. The largest absolute Gasteiger partial charge is 0.476 e. The summed E-state index contributed by atoms with van der Waals surface area (Å²) in [6.07, 6.45) is 1.58. The Morgan fingerprint density at radius 1 is 1.30 bits per heavy atom. The molecule has 1 N–H and O–H groups in total. The normalized spacial score (nSPS) is 10.7. The van der Waals surface area contributed by atoms with E-state index in [1.165, 1.54) is 0 Å². The minimum atomic E-state index is -1.14. The van der Waals surface area contributed by atoms with Gasteiger partial charge in [-0.15, -0.1) is 5.10 Å². The van der Waals surface area contributed by atoms with E-state index in [0.717, 1.165) is 16.7 Å². The lowest BCUT2D eigenvalue weighted by Gasteiger charge is -2.05. The fourth-order valence-electron chi connectivity index (χ4n) is 1.62. The van der Waals surface area contributed by atoms with Crippen LogP contribution >= 0.6 is 22.9 Å². The summed E-state index contributed by atoms with van der Waals surface area (Å²) in [4.78, 5) is 14.9. The highest BCUT2D eigenvalue weighted by atomic mass is 35.5. The maximum Gasteiger partial charge on any atom is 0.367 e. The lowest BCUT2D eigenvalue weighted by Crippen LogP contribution is -1.93. The van der Waals surface area contributed by atoms with Gasteiger partial charge in [0.25, 0.3) is 5.19 Å². The van der Waals surface area contributed by atoms with Gasteiger partial charge in [0, 0.05) is 16.6 Å². The van der Waals surface area contributed by atoms with Crippen LogP contribution in [0.15, 0.2) is 30.5 Å². The Balaban J connectivity index is 1.99. The van der Waals surface area contributed by atoms with Gasteiger partial charge in [0.2, 0.25) is 5.01 Å². The quantitative estimate of drug-likeness (QED) is 0.799. The van der Waals surface area contributed by atoms with E-state index in [9.17, 15) is 4.79 Å². The van der Waals surface area contributed by atoms with Gasteiger partial charge in [-0.2, -0.15) is 0 Å². The molecule has 0 unspecified atom stereocenters. The zero-order chi connectivity index (χ0) is 14.1. The van der Waals surface area contributed by atoms with E-state index in [-0.39, 0.29) is 10.2 Å². The topological polar surface area (TPSA) is 85.2 Å². The predicted molar refractivity (Wildman–Crippen MR) is 73.7 cm³/mol. The summed E-state index contributed by atoms with van der Waals surface area (Å²) >= 11 is 6.76. The number of carboxylic acids is 1. The number of nitrogens with zero attached hydrogens (tertiary/aromatic N) is 3. The first-order valence-electron chi connectivity index (χ1n) is 5.42. The molecule has 8 heteroatoms. The maximum atomic E-state index is 10.7. The number of hydrogen-bond acceptors (Lipinski definition) is 6. The molecule has 0 fully saturated rings. The first-order valence-corrected chi connectivity index (χ1v) is 6.62. The molecule has 3 aromatic rings. The molecule has 0 spiro atoms. The Morgan fingerprint density at radius 2 is 2.15 bits per heavy atom. The fraction of sp³-hybridized carbons (Fsp3) is 0. The molecular weight excluding hydrogens is 302 g/mol. The van der Waals surface area contributed by atoms with Gasteiger partial charge in [-0.1, -0.05) is 16.7 Å². The number of aromatic nitrogens is 3. The van der Waals surface area contributed by atoms with Gasteiger partial charge < -0.3 is 9.84 Å². The van der Waals surface area contributed by atoms with Crippen molar-refractivity contribution in [2.75, 3.05) is 0 Å². The molecule has 0 saturated heterocycles. The van der Waals surface area contributed by atoms with Gasteiger partial charge in [0.05, 0.1) is 5.52 Å². The van der Waals surface area contributed by atoms with E-state index in [0.29, 0.717) is 16.3 Å². The molecule has 100 valence electrons. The van der Waals surface area contributed by atoms with Gasteiger partial charge in [-0.25, -0.2) is 4.79 Å². The number of carbonyl (C=O) groups is 1. The number of halogens is 1. The fourth-order valence-corrected chi connectivity index (χ4v) is 2.33. The van der Waals surface area contributed by atoms with E-state index in [4.69, 9.17) is 21.4 Å².